The van der Waals surface area contributed by atoms with Gasteiger partial charge < -0.3 is 5.32 Å². The number of nitrogens with one attached hydrogen (secondary N) is 1. The molecule has 1 nitrogen and oxygen atoms in total. The van der Waals surface area contributed by atoms with Gasteiger partial charge in [-0.3, -0.25) is 0 Å². The summed E-state index contributed by atoms with van der Waals surface area (Å²) in [5.74, 6) is 1.55. The second-order valence-corrected chi connectivity index (χ2v) is 7.06. The van der Waals surface area contributed by atoms with Gasteiger partial charge in [-0.25, -0.2) is 0 Å². The zero-order chi connectivity index (χ0) is 13.5. The van der Waals surface area contributed by atoms with Gasteiger partial charge >= 0.3 is 0 Å². The van der Waals surface area contributed by atoms with Crippen LogP contribution in [-0.2, 0) is 0 Å². The lowest BCUT2D eigenvalue weighted by atomic mass is 9.80. The highest BCUT2D eigenvalue weighted by Crippen LogP contribution is 2.51. The summed E-state index contributed by atoms with van der Waals surface area (Å²) in [7, 11) is 0. The molecule has 1 saturated carbocycles. The molecule has 19 heavy (non-hydrogen) atoms. The van der Waals surface area contributed by atoms with Crippen molar-refractivity contribution < 1.29 is 0 Å². The summed E-state index contributed by atoms with van der Waals surface area (Å²) in [6.07, 6.45) is 5.46. The van der Waals surface area contributed by atoms with E-state index in [9.17, 15) is 0 Å². The lowest BCUT2D eigenvalue weighted by Gasteiger charge is -2.32. The topological polar surface area (TPSA) is 12.0 Å². The van der Waals surface area contributed by atoms with Crippen LogP contribution >= 0.6 is 0 Å². The number of rotatable bonds is 4. The quantitative estimate of drug-likeness (QED) is 0.828. The lowest BCUT2D eigenvalue weighted by Crippen LogP contribution is -2.33. The number of hydrogen-bond donors (Lipinski definition) is 1. The summed E-state index contributed by atoms with van der Waals surface area (Å²) in [6.45, 7) is 8.33. The maximum Gasteiger partial charge on any atom is 0.0323 e. The van der Waals surface area contributed by atoms with Gasteiger partial charge in [-0.2, -0.15) is 0 Å². The van der Waals surface area contributed by atoms with Crippen LogP contribution in [0, 0.1) is 11.3 Å². The van der Waals surface area contributed by atoms with Crippen molar-refractivity contribution in [2.45, 2.75) is 58.4 Å². The van der Waals surface area contributed by atoms with E-state index in [1.165, 1.54) is 32.2 Å². The van der Waals surface area contributed by atoms with Crippen LogP contribution in [0.2, 0.25) is 0 Å². The molecule has 104 valence electrons. The second kappa shape index (κ2) is 4.94. The molecule has 0 saturated heterocycles. The Morgan fingerprint density at radius 3 is 2.47 bits per heavy atom. The van der Waals surface area contributed by atoms with Gasteiger partial charge in [0.25, 0.3) is 0 Å². The highest BCUT2D eigenvalue weighted by Gasteiger charge is 2.45. The van der Waals surface area contributed by atoms with Crippen LogP contribution in [0.1, 0.15) is 69.5 Å². The molecule has 0 amide bonds. The zero-order valence-corrected chi connectivity index (χ0v) is 12.6. The Hall–Kier alpha value is -0.820. The van der Waals surface area contributed by atoms with E-state index in [0.717, 1.165) is 11.8 Å². The van der Waals surface area contributed by atoms with E-state index in [2.05, 4.69) is 50.4 Å². The third kappa shape index (κ3) is 2.45. The maximum atomic E-state index is 3.88. The summed E-state index contributed by atoms with van der Waals surface area (Å²) < 4.78 is 0. The molecule has 2 aliphatic carbocycles. The summed E-state index contributed by atoms with van der Waals surface area (Å²) in [5, 5.41) is 3.88. The van der Waals surface area contributed by atoms with E-state index in [0.29, 0.717) is 11.5 Å². The molecule has 1 aromatic rings. The van der Waals surface area contributed by atoms with Crippen LogP contribution in [0.4, 0.5) is 0 Å². The van der Waals surface area contributed by atoms with Crippen LogP contribution in [0.5, 0.6) is 0 Å². The number of fused-ring (bicyclic) bond motifs is 1. The van der Waals surface area contributed by atoms with Crippen LogP contribution in [-0.4, -0.2) is 6.54 Å². The third-order valence-corrected chi connectivity index (χ3v) is 5.61. The molecule has 1 aromatic carbocycles. The molecule has 0 bridgehead atoms. The molecule has 0 radical (unpaired) electrons. The molecule has 2 atom stereocenters. The molecule has 1 fully saturated rings. The highest BCUT2D eigenvalue weighted by atomic mass is 14.9. The Morgan fingerprint density at radius 1 is 1.16 bits per heavy atom. The van der Waals surface area contributed by atoms with E-state index in [4.69, 9.17) is 0 Å². The average molecular weight is 257 g/mol. The largest absolute Gasteiger partial charge is 0.309 e. The first-order chi connectivity index (χ1) is 9.12. The Balaban J connectivity index is 1.71. The van der Waals surface area contributed by atoms with E-state index >= 15 is 0 Å². The van der Waals surface area contributed by atoms with Gasteiger partial charge in [0.15, 0.2) is 0 Å². The minimum absolute atomic E-state index is 0.587. The molecular weight excluding hydrogens is 230 g/mol. The van der Waals surface area contributed by atoms with E-state index in [1.54, 1.807) is 11.1 Å². The van der Waals surface area contributed by atoms with Crippen molar-refractivity contribution >= 4 is 0 Å². The Labute approximate surface area is 117 Å². The molecule has 2 aliphatic rings. The first-order valence-corrected chi connectivity index (χ1v) is 7.94. The van der Waals surface area contributed by atoms with Gasteiger partial charge in [0.2, 0.25) is 0 Å². The fourth-order valence-corrected chi connectivity index (χ4v) is 3.66. The van der Waals surface area contributed by atoms with Gasteiger partial charge in [-0.15, -0.1) is 0 Å². The molecule has 0 heterocycles. The highest BCUT2D eigenvalue weighted by molar-refractivity contribution is 5.35. The third-order valence-electron chi connectivity index (χ3n) is 5.61. The van der Waals surface area contributed by atoms with Crippen molar-refractivity contribution in [1.29, 1.82) is 0 Å². The van der Waals surface area contributed by atoms with Crippen molar-refractivity contribution in [3.63, 3.8) is 0 Å². The van der Waals surface area contributed by atoms with Crippen molar-refractivity contribution in [1.82, 2.24) is 5.32 Å². The van der Waals surface area contributed by atoms with Crippen LogP contribution in [0.25, 0.3) is 0 Å². The zero-order valence-electron chi connectivity index (χ0n) is 12.6. The predicted octanol–water partition coefficient (Wildman–Crippen LogP) is 4.65. The lowest BCUT2D eigenvalue weighted by molar-refractivity contribution is 0.307. The predicted molar refractivity (Wildman–Crippen MR) is 81.3 cm³/mol. The average Bonchev–Trinajstić information content (AvgIpc) is 3.20. The van der Waals surface area contributed by atoms with Crippen molar-refractivity contribution in [3.8, 4) is 0 Å². The van der Waals surface area contributed by atoms with Crippen LogP contribution < -0.4 is 5.32 Å². The first-order valence-electron chi connectivity index (χ1n) is 7.94. The van der Waals surface area contributed by atoms with Crippen molar-refractivity contribution in [2.75, 3.05) is 6.54 Å². The monoisotopic (exact) mass is 257 g/mol. The Morgan fingerprint density at radius 2 is 1.84 bits per heavy atom. The van der Waals surface area contributed by atoms with Gasteiger partial charge in [-0.1, -0.05) is 45.0 Å². The fraction of sp³-hybridized carbons (Fsp3) is 0.667. The first kappa shape index (κ1) is 13.2. The Bertz CT molecular complexity index is 445. The van der Waals surface area contributed by atoms with Crippen molar-refractivity contribution in [3.05, 3.63) is 35.4 Å². The second-order valence-electron chi connectivity index (χ2n) is 7.06. The van der Waals surface area contributed by atoms with Gasteiger partial charge in [-0.05, 0) is 54.1 Å². The SMILES string of the molecule is CC1CCC(NCC2(C(C)C)CC2)c2ccccc21. The molecular formula is C18H27N. The van der Waals surface area contributed by atoms with Gasteiger partial charge in [0, 0.05) is 12.6 Å². The smallest absolute Gasteiger partial charge is 0.0323 e. The molecule has 2 unspecified atom stereocenters. The summed E-state index contributed by atoms with van der Waals surface area (Å²) in [4.78, 5) is 0. The van der Waals surface area contributed by atoms with Gasteiger partial charge in [0.1, 0.15) is 0 Å². The minimum atomic E-state index is 0.587. The number of hydrogen-bond acceptors (Lipinski definition) is 1. The molecule has 0 aromatic heterocycles. The molecule has 1 N–H and O–H groups in total. The molecule has 1 heteroatoms. The number of benzene rings is 1. The van der Waals surface area contributed by atoms with E-state index in [-0.39, 0.29) is 0 Å². The fourth-order valence-electron chi connectivity index (χ4n) is 3.66. The minimum Gasteiger partial charge on any atom is -0.309 e. The maximum absolute atomic E-state index is 3.88. The Kier molecular flexibility index (Phi) is 3.42. The molecule has 3 rings (SSSR count). The van der Waals surface area contributed by atoms with E-state index < -0.39 is 0 Å². The molecule has 0 spiro atoms. The summed E-state index contributed by atoms with van der Waals surface area (Å²) in [5.41, 5.74) is 3.74. The summed E-state index contributed by atoms with van der Waals surface area (Å²) in [6, 6.07) is 9.62. The van der Waals surface area contributed by atoms with Crippen LogP contribution in [0.15, 0.2) is 24.3 Å². The van der Waals surface area contributed by atoms with Crippen molar-refractivity contribution in [2.24, 2.45) is 11.3 Å². The molecule has 0 aliphatic heterocycles. The van der Waals surface area contributed by atoms with Crippen LogP contribution in [0.3, 0.4) is 0 Å². The van der Waals surface area contributed by atoms with Gasteiger partial charge in [0.05, 0.1) is 0 Å². The van der Waals surface area contributed by atoms with E-state index in [1.807, 2.05) is 0 Å². The normalized spacial score (nSPS) is 28.2. The standard InChI is InChI=1S/C18H27N/c1-13(2)18(10-11-18)12-19-17-9-8-14(3)15-6-4-5-7-16(15)17/h4-7,13-14,17,19H,8-12H2,1-3H3. The summed E-state index contributed by atoms with van der Waals surface area (Å²) >= 11 is 0.